The van der Waals surface area contributed by atoms with E-state index in [2.05, 4.69) is 56.4 Å². The molecular formula is C16H17NO. The first-order valence-electron chi connectivity index (χ1n) is 6.33. The second-order valence-electron chi connectivity index (χ2n) is 5.14. The first-order valence-corrected chi connectivity index (χ1v) is 6.33. The fourth-order valence-corrected chi connectivity index (χ4v) is 2.18. The van der Waals surface area contributed by atoms with Crippen LogP contribution in [0.3, 0.4) is 0 Å². The zero-order chi connectivity index (χ0) is 12.7. The van der Waals surface area contributed by atoms with Crippen LogP contribution in [0.1, 0.15) is 30.9 Å². The molecule has 2 aromatic rings. The molecule has 0 bridgehead atoms. The molecule has 0 atom stereocenters. The van der Waals surface area contributed by atoms with Crippen LogP contribution in [-0.2, 0) is 0 Å². The van der Waals surface area contributed by atoms with E-state index in [4.69, 9.17) is 4.74 Å². The maximum Gasteiger partial charge on any atom is 0.151 e. The Morgan fingerprint density at radius 3 is 2.56 bits per heavy atom. The molecular weight excluding hydrogens is 222 g/mol. The van der Waals surface area contributed by atoms with Gasteiger partial charge in [0, 0.05) is 0 Å². The van der Waals surface area contributed by atoms with Crippen LogP contribution in [0.25, 0.3) is 0 Å². The van der Waals surface area contributed by atoms with Crippen molar-refractivity contribution in [2.75, 3.05) is 5.32 Å². The summed E-state index contributed by atoms with van der Waals surface area (Å²) in [6, 6.07) is 12.6. The molecule has 0 aliphatic carbocycles. The van der Waals surface area contributed by atoms with Crippen LogP contribution in [0.2, 0.25) is 0 Å². The van der Waals surface area contributed by atoms with Crippen LogP contribution >= 0.6 is 0 Å². The van der Waals surface area contributed by atoms with Crippen molar-refractivity contribution in [2.24, 2.45) is 0 Å². The Morgan fingerprint density at radius 1 is 0.944 bits per heavy atom. The van der Waals surface area contributed by atoms with Crippen molar-refractivity contribution < 1.29 is 4.74 Å². The number of benzene rings is 2. The summed E-state index contributed by atoms with van der Waals surface area (Å²) in [7, 11) is 0. The van der Waals surface area contributed by atoms with Gasteiger partial charge in [0.1, 0.15) is 0 Å². The fourth-order valence-electron chi connectivity index (χ4n) is 2.18. The molecule has 0 unspecified atom stereocenters. The molecule has 0 saturated heterocycles. The van der Waals surface area contributed by atoms with Gasteiger partial charge in [-0.1, -0.05) is 26.0 Å². The predicted molar refractivity (Wildman–Crippen MR) is 75.1 cm³/mol. The average Bonchev–Trinajstić information content (AvgIpc) is 2.35. The Bertz CT molecular complexity index is 602. The Hall–Kier alpha value is -1.96. The van der Waals surface area contributed by atoms with Crippen molar-refractivity contribution in [1.29, 1.82) is 0 Å². The van der Waals surface area contributed by atoms with Crippen LogP contribution in [-0.4, -0.2) is 0 Å². The Balaban J connectivity index is 2.02. The number of nitrogens with one attached hydrogen (secondary N) is 1. The van der Waals surface area contributed by atoms with Crippen LogP contribution in [0.15, 0.2) is 36.4 Å². The third-order valence-corrected chi connectivity index (χ3v) is 3.30. The molecule has 2 aromatic carbocycles. The van der Waals surface area contributed by atoms with Gasteiger partial charge in [0.2, 0.25) is 0 Å². The third-order valence-electron chi connectivity index (χ3n) is 3.30. The summed E-state index contributed by atoms with van der Waals surface area (Å²) in [6.07, 6.45) is 0. The second-order valence-corrected chi connectivity index (χ2v) is 5.14. The van der Waals surface area contributed by atoms with E-state index >= 15 is 0 Å². The minimum atomic E-state index is 0.512. The summed E-state index contributed by atoms with van der Waals surface area (Å²) >= 11 is 0. The number of hydrogen-bond donors (Lipinski definition) is 1. The zero-order valence-electron chi connectivity index (χ0n) is 10.9. The molecule has 92 valence electrons. The molecule has 1 aliphatic rings. The number of ether oxygens (including phenoxy) is 1. The van der Waals surface area contributed by atoms with Gasteiger partial charge in [0.05, 0.1) is 11.4 Å². The van der Waals surface area contributed by atoms with Crippen molar-refractivity contribution >= 4 is 11.4 Å². The summed E-state index contributed by atoms with van der Waals surface area (Å²) in [6.45, 7) is 6.46. The number of aryl methyl sites for hydroxylation is 1. The van der Waals surface area contributed by atoms with Gasteiger partial charge in [-0.15, -0.1) is 0 Å². The Labute approximate surface area is 108 Å². The molecule has 0 amide bonds. The van der Waals surface area contributed by atoms with Crippen molar-refractivity contribution in [2.45, 2.75) is 26.7 Å². The zero-order valence-corrected chi connectivity index (χ0v) is 10.9. The fraction of sp³-hybridized carbons (Fsp3) is 0.250. The van der Waals surface area contributed by atoms with E-state index in [9.17, 15) is 0 Å². The molecule has 1 aliphatic heterocycles. The van der Waals surface area contributed by atoms with Crippen LogP contribution < -0.4 is 10.1 Å². The van der Waals surface area contributed by atoms with E-state index in [1.54, 1.807) is 0 Å². The van der Waals surface area contributed by atoms with Gasteiger partial charge in [-0.25, -0.2) is 0 Å². The monoisotopic (exact) mass is 239 g/mol. The number of rotatable bonds is 1. The maximum absolute atomic E-state index is 5.96. The lowest BCUT2D eigenvalue weighted by molar-refractivity contribution is 0.480. The van der Waals surface area contributed by atoms with Gasteiger partial charge >= 0.3 is 0 Å². The first-order chi connectivity index (χ1) is 8.63. The van der Waals surface area contributed by atoms with E-state index < -0.39 is 0 Å². The molecule has 2 heteroatoms. The minimum absolute atomic E-state index is 0.512. The molecule has 1 N–H and O–H groups in total. The number of hydrogen-bond acceptors (Lipinski definition) is 2. The van der Waals surface area contributed by atoms with Crippen molar-refractivity contribution in [3.8, 4) is 11.5 Å². The maximum atomic E-state index is 5.96. The summed E-state index contributed by atoms with van der Waals surface area (Å²) in [5.74, 6) is 2.32. The predicted octanol–water partition coefficient (Wildman–Crippen LogP) is 4.97. The average molecular weight is 239 g/mol. The normalized spacial score (nSPS) is 12.4. The minimum Gasteiger partial charge on any atom is -0.453 e. The third kappa shape index (κ3) is 1.84. The quantitative estimate of drug-likeness (QED) is 0.647. The molecule has 3 rings (SSSR count). The highest BCUT2D eigenvalue weighted by Gasteiger charge is 2.17. The molecule has 0 spiro atoms. The Morgan fingerprint density at radius 2 is 1.78 bits per heavy atom. The van der Waals surface area contributed by atoms with Crippen molar-refractivity contribution in [3.05, 3.63) is 47.5 Å². The van der Waals surface area contributed by atoms with E-state index in [0.29, 0.717) is 5.92 Å². The van der Waals surface area contributed by atoms with Crippen molar-refractivity contribution in [1.82, 2.24) is 0 Å². The van der Waals surface area contributed by atoms with E-state index in [-0.39, 0.29) is 0 Å². The summed E-state index contributed by atoms with van der Waals surface area (Å²) in [4.78, 5) is 0. The summed E-state index contributed by atoms with van der Waals surface area (Å²) < 4.78 is 5.96. The van der Waals surface area contributed by atoms with Gasteiger partial charge in [0.15, 0.2) is 11.5 Å². The standard InChI is InChI=1S/C16H17NO/c1-10(2)12-5-6-13-16(9-12)18-15-7-4-11(3)8-14(15)17-13/h4-10,17H,1-3H3. The van der Waals surface area contributed by atoms with Gasteiger partial charge in [-0.3, -0.25) is 0 Å². The lowest BCUT2D eigenvalue weighted by Gasteiger charge is -2.23. The highest BCUT2D eigenvalue weighted by Crippen LogP contribution is 2.43. The van der Waals surface area contributed by atoms with Crippen LogP contribution in [0.4, 0.5) is 11.4 Å². The van der Waals surface area contributed by atoms with Gasteiger partial charge < -0.3 is 10.1 Å². The first kappa shape index (κ1) is 11.1. The number of anilines is 2. The largest absolute Gasteiger partial charge is 0.453 e. The second kappa shape index (κ2) is 4.05. The lowest BCUT2D eigenvalue weighted by Crippen LogP contribution is -2.03. The molecule has 0 radical (unpaired) electrons. The van der Waals surface area contributed by atoms with E-state index in [1.165, 1.54) is 11.1 Å². The van der Waals surface area contributed by atoms with E-state index in [1.807, 2.05) is 6.07 Å². The van der Waals surface area contributed by atoms with E-state index in [0.717, 1.165) is 22.9 Å². The molecule has 18 heavy (non-hydrogen) atoms. The summed E-state index contributed by atoms with van der Waals surface area (Å²) in [5, 5.41) is 3.42. The highest BCUT2D eigenvalue weighted by molar-refractivity contribution is 5.76. The van der Waals surface area contributed by atoms with Gasteiger partial charge in [-0.05, 0) is 48.2 Å². The Kier molecular flexibility index (Phi) is 2.51. The molecule has 0 fully saturated rings. The smallest absolute Gasteiger partial charge is 0.151 e. The molecule has 2 nitrogen and oxygen atoms in total. The molecule has 0 aromatic heterocycles. The van der Waals surface area contributed by atoms with Crippen LogP contribution in [0.5, 0.6) is 11.5 Å². The topological polar surface area (TPSA) is 21.3 Å². The van der Waals surface area contributed by atoms with Crippen molar-refractivity contribution in [3.63, 3.8) is 0 Å². The lowest BCUT2D eigenvalue weighted by atomic mass is 10.0. The van der Waals surface area contributed by atoms with Crippen LogP contribution in [0, 0.1) is 6.92 Å². The summed E-state index contributed by atoms with van der Waals surface area (Å²) in [5.41, 5.74) is 4.61. The molecule has 1 heterocycles. The van der Waals surface area contributed by atoms with Gasteiger partial charge in [-0.2, -0.15) is 0 Å². The molecule has 0 saturated carbocycles. The SMILES string of the molecule is Cc1ccc2c(c1)Nc1ccc(C(C)C)cc1O2. The highest BCUT2D eigenvalue weighted by atomic mass is 16.5. The van der Waals surface area contributed by atoms with Gasteiger partial charge in [0.25, 0.3) is 0 Å². The number of fused-ring (bicyclic) bond motifs is 2.